The van der Waals surface area contributed by atoms with Crippen molar-refractivity contribution in [2.45, 2.75) is 83.8 Å². The summed E-state index contributed by atoms with van der Waals surface area (Å²) in [4.78, 5) is 12.0. The minimum atomic E-state index is -1.06. The molecule has 0 rings (SSSR count). The van der Waals surface area contributed by atoms with Crippen LogP contribution in [0.5, 0.6) is 0 Å². The number of unbranched alkanes of at least 4 members (excludes halogenated alkanes) is 8. The third kappa shape index (κ3) is 16.6. The van der Waals surface area contributed by atoms with E-state index in [4.69, 9.17) is 0 Å². The Balaban J connectivity index is 0. The van der Waals surface area contributed by atoms with E-state index in [0.29, 0.717) is 6.54 Å². The molecule has 0 aliphatic carbocycles. The topological polar surface area (TPSA) is 63.6 Å². The zero-order chi connectivity index (χ0) is 15.2. The Bertz CT molecular complexity index is 240. The molecule has 0 bridgehead atoms. The van der Waals surface area contributed by atoms with Crippen molar-refractivity contribution in [2.24, 2.45) is 0 Å². The second-order valence-electron chi connectivity index (χ2n) is 5.70. The van der Waals surface area contributed by atoms with Gasteiger partial charge in [0.15, 0.2) is 0 Å². The van der Waals surface area contributed by atoms with Crippen LogP contribution in [-0.4, -0.2) is 35.8 Å². The number of aliphatic hydroxyl groups excluding tert-OH is 1. The molecule has 1 N–H and O–H groups in total. The molecule has 0 spiro atoms. The summed E-state index contributed by atoms with van der Waals surface area (Å²) in [5, 5.41) is 20.2. The molecule has 0 aliphatic rings. The molecule has 21 heavy (non-hydrogen) atoms. The molecule has 0 heterocycles. The summed E-state index contributed by atoms with van der Waals surface area (Å²) in [6.45, 7) is 2.58. The molecule has 4 nitrogen and oxygen atoms in total. The number of hydrogen-bond acceptors (Lipinski definition) is 4. The molecule has 0 radical (unpaired) electrons. The molecule has 0 fully saturated rings. The Kier molecular flexibility index (Phi) is 18.9. The number of carbonyl (C=O) groups is 1. The normalized spacial score (nSPS) is 12.2. The van der Waals surface area contributed by atoms with Gasteiger partial charge in [0.05, 0.1) is 0 Å². The zero-order valence-corrected chi connectivity index (χ0v) is 16.3. The van der Waals surface area contributed by atoms with Crippen LogP contribution < -0.4 is 34.7 Å². The van der Waals surface area contributed by atoms with E-state index in [1.54, 1.807) is 11.9 Å². The van der Waals surface area contributed by atoms with Gasteiger partial charge in [0.2, 0.25) is 0 Å². The molecular weight excluding hydrogens is 277 g/mol. The minimum absolute atomic E-state index is 0. The summed E-state index contributed by atoms with van der Waals surface area (Å²) in [5.41, 5.74) is 0. The molecule has 1 unspecified atom stereocenters. The van der Waals surface area contributed by atoms with Crippen LogP contribution in [0.1, 0.15) is 77.6 Å². The SMILES string of the molecule is CCCCCCCCCCCC(O)N(C)CCC(=O)[O-].[Na+]. The van der Waals surface area contributed by atoms with Crippen molar-refractivity contribution < 1.29 is 44.6 Å². The molecule has 120 valence electrons. The molecule has 0 aromatic heterocycles. The standard InChI is InChI=1S/C16H33NO3.Na/c1-3-4-5-6-7-8-9-10-11-12-15(18)17(2)14-13-16(19)20;/h15,18H,3-14H2,1-2H3,(H,19,20);/q;+1/p-1. The van der Waals surface area contributed by atoms with Crippen LogP contribution in [0, 0.1) is 0 Å². The molecule has 0 aromatic carbocycles. The Morgan fingerprint density at radius 3 is 2.00 bits per heavy atom. The minimum Gasteiger partial charge on any atom is -0.550 e. The van der Waals surface area contributed by atoms with Crippen LogP contribution in [-0.2, 0) is 4.79 Å². The first kappa shape index (κ1) is 23.7. The molecular formula is C16H32NNaO3. The van der Waals surface area contributed by atoms with E-state index >= 15 is 0 Å². The van der Waals surface area contributed by atoms with Crippen molar-refractivity contribution >= 4 is 5.97 Å². The number of carboxylic acids is 1. The fraction of sp³-hybridized carbons (Fsp3) is 0.938. The number of carbonyl (C=O) groups excluding carboxylic acids is 1. The molecule has 1 atom stereocenters. The summed E-state index contributed by atoms with van der Waals surface area (Å²) >= 11 is 0. The summed E-state index contributed by atoms with van der Waals surface area (Å²) in [7, 11) is 1.75. The van der Waals surface area contributed by atoms with Crippen molar-refractivity contribution in [2.75, 3.05) is 13.6 Å². The van der Waals surface area contributed by atoms with Gasteiger partial charge in [0.25, 0.3) is 0 Å². The van der Waals surface area contributed by atoms with Gasteiger partial charge in [0, 0.05) is 12.5 Å². The van der Waals surface area contributed by atoms with E-state index in [1.807, 2.05) is 0 Å². The Labute approximate surface area is 152 Å². The van der Waals surface area contributed by atoms with Gasteiger partial charge < -0.3 is 15.0 Å². The van der Waals surface area contributed by atoms with E-state index in [-0.39, 0.29) is 36.0 Å². The van der Waals surface area contributed by atoms with Gasteiger partial charge in [-0.15, -0.1) is 0 Å². The first-order chi connectivity index (χ1) is 9.57. The average molecular weight is 309 g/mol. The molecule has 0 aliphatic heterocycles. The predicted molar refractivity (Wildman–Crippen MR) is 80.1 cm³/mol. The van der Waals surface area contributed by atoms with Crippen LogP contribution in [0.15, 0.2) is 0 Å². The Hall–Kier alpha value is 0.390. The summed E-state index contributed by atoms with van der Waals surface area (Å²) in [6, 6.07) is 0. The van der Waals surface area contributed by atoms with Crippen LogP contribution in [0.25, 0.3) is 0 Å². The molecule has 5 heteroatoms. The van der Waals surface area contributed by atoms with Crippen LogP contribution in [0.2, 0.25) is 0 Å². The Morgan fingerprint density at radius 2 is 1.52 bits per heavy atom. The van der Waals surface area contributed by atoms with Crippen molar-refractivity contribution in [1.29, 1.82) is 0 Å². The monoisotopic (exact) mass is 309 g/mol. The van der Waals surface area contributed by atoms with Gasteiger partial charge >= 0.3 is 29.6 Å². The van der Waals surface area contributed by atoms with Gasteiger partial charge in [0.1, 0.15) is 6.23 Å². The van der Waals surface area contributed by atoms with Crippen molar-refractivity contribution in [1.82, 2.24) is 4.90 Å². The third-order valence-corrected chi connectivity index (χ3v) is 3.74. The smallest absolute Gasteiger partial charge is 0.550 e. The second-order valence-corrected chi connectivity index (χ2v) is 5.70. The fourth-order valence-corrected chi connectivity index (χ4v) is 2.27. The zero-order valence-electron chi connectivity index (χ0n) is 14.3. The predicted octanol–water partition coefficient (Wildman–Crippen LogP) is -0.698. The van der Waals surface area contributed by atoms with Crippen LogP contribution >= 0.6 is 0 Å². The van der Waals surface area contributed by atoms with Crippen molar-refractivity contribution in [3.63, 3.8) is 0 Å². The van der Waals surface area contributed by atoms with Gasteiger partial charge in [-0.25, -0.2) is 0 Å². The number of aliphatic hydroxyl groups is 1. The number of carboxylic acid groups (broad SMARTS) is 1. The Morgan fingerprint density at radius 1 is 1.05 bits per heavy atom. The molecule has 0 amide bonds. The second kappa shape index (κ2) is 16.8. The number of rotatable bonds is 14. The maximum absolute atomic E-state index is 10.3. The maximum Gasteiger partial charge on any atom is 1.00 e. The van der Waals surface area contributed by atoms with E-state index in [2.05, 4.69) is 6.92 Å². The van der Waals surface area contributed by atoms with E-state index in [0.717, 1.165) is 19.3 Å². The number of nitrogens with zero attached hydrogens (tertiary/aromatic N) is 1. The van der Waals surface area contributed by atoms with Crippen molar-refractivity contribution in [3.8, 4) is 0 Å². The maximum atomic E-state index is 10.3. The van der Waals surface area contributed by atoms with Gasteiger partial charge in [-0.05, 0) is 26.3 Å². The largest absolute Gasteiger partial charge is 1.00 e. The van der Waals surface area contributed by atoms with Gasteiger partial charge in [-0.3, -0.25) is 4.90 Å². The van der Waals surface area contributed by atoms with Crippen LogP contribution in [0.3, 0.4) is 0 Å². The quantitative estimate of drug-likeness (QED) is 0.262. The van der Waals surface area contributed by atoms with E-state index in [9.17, 15) is 15.0 Å². The third-order valence-electron chi connectivity index (χ3n) is 3.74. The summed E-state index contributed by atoms with van der Waals surface area (Å²) in [6.07, 6.45) is 11.5. The van der Waals surface area contributed by atoms with Crippen LogP contribution in [0.4, 0.5) is 0 Å². The fourth-order valence-electron chi connectivity index (χ4n) is 2.27. The van der Waals surface area contributed by atoms with E-state index < -0.39 is 12.2 Å². The summed E-state index contributed by atoms with van der Waals surface area (Å²) in [5.74, 6) is -1.06. The van der Waals surface area contributed by atoms with Gasteiger partial charge in [-0.2, -0.15) is 0 Å². The summed E-state index contributed by atoms with van der Waals surface area (Å²) < 4.78 is 0. The first-order valence-electron chi connectivity index (χ1n) is 8.16. The number of hydrogen-bond donors (Lipinski definition) is 1. The van der Waals surface area contributed by atoms with E-state index in [1.165, 1.54) is 44.9 Å². The molecule has 0 saturated carbocycles. The number of aliphatic carboxylic acids is 1. The van der Waals surface area contributed by atoms with Crippen molar-refractivity contribution in [3.05, 3.63) is 0 Å². The molecule has 0 aromatic rings. The van der Waals surface area contributed by atoms with Gasteiger partial charge in [-0.1, -0.05) is 58.3 Å². The first-order valence-corrected chi connectivity index (χ1v) is 8.16. The average Bonchev–Trinajstić information content (AvgIpc) is 2.42. The molecule has 0 saturated heterocycles.